The van der Waals surface area contributed by atoms with E-state index in [9.17, 15) is 0 Å². The zero-order chi connectivity index (χ0) is 44.7. The molecule has 0 aliphatic carbocycles. The van der Waals surface area contributed by atoms with E-state index in [2.05, 4.69) is 78.9 Å². The van der Waals surface area contributed by atoms with Crippen LogP contribution in [0.5, 0.6) is 0 Å². The van der Waals surface area contributed by atoms with Crippen LogP contribution in [0.25, 0.3) is 0 Å². The van der Waals surface area contributed by atoms with Crippen molar-refractivity contribution in [2.24, 2.45) is 0 Å². The molecule has 0 radical (unpaired) electrons. The van der Waals surface area contributed by atoms with Gasteiger partial charge in [-0.2, -0.15) is 0 Å². The summed E-state index contributed by atoms with van der Waals surface area (Å²) >= 11 is 0. The van der Waals surface area contributed by atoms with Crippen molar-refractivity contribution in [3.63, 3.8) is 0 Å². The quantitative estimate of drug-likeness (QED) is 0.0867. The lowest BCUT2D eigenvalue weighted by atomic mass is 10.2. The normalized spacial score (nSPS) is 36.9. The Morgan fingerprint density at radius 1 is 0.492 bits per heavy atom. The van der Waals surface area contributed by atoms with E-state index in [1.165, 1.54) is 76.3 Å². The fraction of sp³-hybridized carbons (Fsp3) is 1.00. The summed E-state index contributed by atoms with van der Waals surface area (Å²) in [6.07, 6.45) is 14.7. The summed E-state index contributed by atoms with van der Waals surface area (Å²) < 4.78 is 89.2. The van der Waals surface area contributed by atoms with E-state index >= 15 is 0 Å². The summed E-state index contributed by atoms with van der Waals surface area (Å²) in [5.74, 6) is 0. The van der Waals surface area contributed by atoms with Gasteiger partial charge >= 0.3 is 35.0 Å². The lowest BCUT2D eigenvalue weighted by Gasteiger charge is -2.37. The predicted molar refractivity (Wildman–Crippen MR) is 285 cm³/mol. The minimum Gasteiger partial charge on any atom is -0.446 e. The van der Waals surface area contributed by atoms with Gasteiger partial charge in [0.25, 0.3) is 75.0 Å². The summed E-state index contributed by atoms with van der Waals surface area (Å²) in [7, 11) is -23.1. The molecule has 0 aromatic carbocycles. The zero-order valence-corrected chi connectivity index (χ0v) is 58.2. The Kier molecular flexibility index (Phi) is 30.2. The van der Waals surface area contributed by atoms with Crippen LogP contribution in [0.3, 0.4) is 0 Å². The van der Waals surface area contributed by atoms with Crippen LogP contribution in [0.4, 0.5) is 0 Å². The summed E-state index contributed by atoms with van der Waals surface area (Å²) in [4.78, 5) is 0. The van der Waals surface area contributed by atoms with Crippen LogP contribution in [-0.4, -0.2) is 145 Å². The van der Waals surface area contributed by atoms with Crippen molar-refractivity contribution in [3.8, 4) is 0 Å². The van der Waals surface area contributed by atoms with E-state index in [4.69, 9.17) is 57.9 Å². The Bertz CT molecular complexity index is 1120. The summed E-state index contributed by atoms with van der Waals surface area (Å²) in [6, 6.07) is 7.78. The van der Waals surface area contributed by atoms with E-state index < -0.39 is 139 Å². The maximum atomic E-state index is 6.67. The molecule has 362 valence electrons. The molecule has 29 heteroatoms. The van der Waals surface area contributed by atoms with Crippen LogP contribution < -0.4 is 0 Å². The molecular weight excluding hydrogens is 1030 g/mol. The number of rotatable bonds is 27. The molecule has 61 heavy (non-hydrogen) atoms. The van der Waals surface area contributed by atoms with E-state index in [0.717, 1.165) is 43.1 Å². The Labute approximate surface area is 398 Å². The maximum Gasteiger partial charge on any atom is 0.326 e. The highest BCUT2D eigenvalue weighted by molar-refractivity contribution is 6.82. The van der Waals surface area contributed by atoms with Crippen LogP contribution in [0.1, 0.15) is 84.0 Å². The molecule has 0 saturated carbocycles. The maximum absolute atomic E-state index is 6.67. The van der Waals surface area contributed by atoms with Crippen molar-refractivity contribution in [1.82, 2.24) is 0 Å². The molecular formula is C32H90O14Si15. The zero-order valence-electron chi connectivity index (χ0n) is 40.5. The van der Waals surface area contributed by atoms with Crippen LogP contribution >= 0.6 is 0 Å². The second-order valence-electron chi connectivity index (χ2n) is 18.1. The van der Waals surface area contributed by atoms with Crippen molar-refractivity contribution in [2.45, 2.75) is 204 Å². The summed E-state index contributed by atoms with van der Waals surface area (Å²) in [5, 5.41) is 0. The fourth-order valence-corrected chi connectivity index (χ4v) is 58.0. The monoisotopic (exact) mass is 1120 g/mol. The molecule has 0 amide bonds. The summed E-state index contributed by atoms with van der Waals surface area (Å²) in [6.45, 7) is 26.1. The molecule has 9 atom stereocenters. The van der Waals surface area contributed by atoms with Crippen molar-refractivity contribution in [3.05, 3.63) is 0 Å². The van der Waals surface area contributed by atoms with E-state index in [-0.39, 0.29) is 6.10 Å². The standard InChI is InChI=1S/C32H90O14Si15/c1-32-31-50(2)37-53(5)42-59(10,33-32)28-22-16-14-20-26-48-35-58(27-21-15-18-24-30-61(12)45-56(8)40-52(4)41-57(9)46-61)36-49-34-47-25-19-13-17-23-29-60(11)43-54(6)38-51(3)39-55(7)44-60/h32,50-58H,13-31,47-49H2,1-12H3. The van der Waals surface area contributed by atoms with Gasteiger partial charge in [0.2, 0.25) is 0 Å². The molecule has 3 aliphatic rings. The van der Waals surface area contributed by atoms with Gasteiger partial charge < -0.3 is 57.9 Å². The molecule has 9 unspecified atom stereocenters. The molecule has 14 nitrogen and oxygen atoms in total. The minimum absolute atomic E-state index is 0.266. The van der Waals surface area contributed by atoms with E-state index in [1.54, 1.807) is 0 Å². The first-order valence-corrected chi connectivity index (χ1v) is 54.9. The lowest BCUT2D eigenvalue weighted by molar-refractivity contribution is 0.165. The highest BCUT2D eigenvalue weighted by Gasteiger charge is 2.41. The third-order valence-corrected chi connectivity index (χ3v) is 58.3. The lowest BCUT2D eigenvalue weighted by Crippen LogP contribution is -2.52. The molecule has 0 aromatic rings. The van der Waals surface area contributed by atoms with Crippen LogP contribution in [0, 0.1) is 0 Å². The molecule has 3 heterocycles. The highest BCUT2D eigenvalue weighted by Crippen LogP contribution is 2.27. The average Bonchev–Trinajstić information content (AvgIpc) is 3.11. The minimum atomic E-state index is -2.25. The van der Waals surface area contributed by atoms with Gasteiger partial charge in [0.15, 0.2) is 9.04 Å². The van der Waals surface area contributed by atoms with Crippen LogP contribution in [-0.2, 0) is 57.9 Å². The van der Waals surface area contributed by atoms with Crippen molar-refractivity contribution in [2.75, 3.05) is 0 Å². The van der Waals surface area contributed by atoms with Crippen LogP contribution in [0.15, 0.2) is 0 Å². The van der Waals surface area contributed by atoms with Crippen LogP contribution in [0.2, 0.25) is 114 Å². The molecule has 3 aliphatic heterocycles. The smallest absolute Gasteiger partial charge is 0.326 e. The molecule has 3 fully saturated rings. The molecule has 0 bridgehead atoms. The molecule has 0 aromatic heterocycles. The van der Waals surface area contributed by atoms with Gasteiger partial charge in [0, 0.05) is 6.10 Å². The molecule has 0 N–H and O–H groups in total. The van der Waals surface area contributed by atoms with E-state index in [1.807, 2.05) is 0 Å². The largest absolute Gasteiger partial charge is 0.446 e. The Morgan fingerprint density at radius 2 is 0.902 bits per heavy atom. The first kappa shape index (κ1) is 58.0. The SMILES string of the molecule is CC1C[SiH](C)O[SiH](C)O[Si](C)(CCCCCC[SiH2]O[SiH](CCCCCC[Si]2(C)O[SiH](C)O[SiH](C)O[SiH](C)O2)O[SiH2]O[SiH2]CCCCCC[Si]2(C)O[SiH](C)O[SiH](C)O[SiH](C)O2)O1. The topological polar surface area (TPSA) is 129 Å². The first-order chi connectivity index (χ1) is 29.0. The highest BCUT2D eigenvalue weighted by atomic mass is 28.5. The first-order valence-electron chi connectivity index (χ1n) is 24.1. The van der Waals surface area contributed by atoms with Crippen molar-refractivity contribution < 1.29 is 57.9 Å². The Balaban J connectivity index is 1.32. The van der Waals surface area contributed by atoms with E-state index in [0.29, 0.717) is 0 Å². The Hall–Kier alpha value is 2.69. The Morgan fingerprint density at radius 3 is 1.41 bits per heavy atom. The number of unbranched alkanes of at least 4 members (excludes halogenated alkanes) is 9. The van der Waals surface area contributed by atoms with Gasteiger partial charge in [0.1, 0.15) is 19.5 Å². The van der Waals surface area contributed by atoms with Gasteiger partial charge in [-0.3, -0.25) is 0 Å². The number of hydrogen-bond acceptors (Lipinski definition) is 14. The number of hydrogen-bond donors (Lipinski definition) is 0. The van der Waals surface area contributed by atoms with Gasteiger partial charge in [0.05, 0.1) is 0 Å². The second kappa shape index (κ2) is 31.7. The van der Waals surface area contributed by atoms with Gasteiger partial charge in [-0.25, -0.2) is 0 Å². The predicted octanol–water partition coefficient (Wildman–Crippen LogP) is 4.07. The third kappa shape index (κ3) is 26.9. The molecule has 0 spiro atoms. The molecule has 3 rings (SSSR count). The summed E-state index contributed by atoms with van der Waals surface area (Å²) in [5.41, 5.74) is 0. The van der Waals surface area contributed by atoms with Gasteiger partial charge in [-0.1, -0.05) is 77.0 Å². The third-order valence-electron chi connectivity index (χ3n) is 11.3. The van der Waals surface area contributed by atoms with Crippen molar-refractivity contribution >= 4 is 139 Å². The van der Waals surface area contributed by atoms with Crippen molar-refractivity contribution in [1.29, 1.82) is 0 Å². The second-order valence-corrected chi connectivity index (χ2v) is 55.0. The van der Waals surface area contributed by atoms with Gasteiger partial charge in [-0.05, 0) is 121 Å². The molecule has 3 saturated heterocycles. The fourth-order valence-electron chi connectivity index (χ4n) is 8.78. The average molecular weight is 1120 g/mol. The van der Waals surface area contributed by atoms with Gasteiger partial charge in [-0.15, -0.1) is 0 Å².